The Morgan fingerprint density at radius 3 is 2.82 bits per heavy atom. The van der Waals surface area contributed by atoms with Crippen molar-refractivity contribution in [2.24, 2.45) is 4.99 Å². The third kappa shape index (κ3) is 2.58. The number of thioether (sulfide) groups is 1. The number of amidine groups is 1. The molecule has 2 saturated heterocycles. The van der Waals surface area contributed by atoms with Gasteiger partial charge in [-0.1, -0.05) is 18.7 Å². The zero-order valence-electron chi connectivity index (χ0n) is 9.61. The summed E-state index contributed by atoms with van der Waals surface area (Å²) >= 11 is 1.39. The van der Waals surface area contributed by atoms with Crippen LogP contribution in [0.2, 0.25) is 0 Å². The first kappa shape index (κ1) is 13.1. The van der Waals surface area contributed by atoms with Gasteiger partial charge in [-0.3, -0.25) is 4.99 Å². The molecule has 0 bridgehead atoms. The first-order valence-corrected chi connectivity index (χ1v) is 6.65. The highest BCUT2D eigenvalue weighted by molar-refractivity contribution is 8.14. The second kappa shape index (κ2) is 5.53. The van der Waals surface area contributed by atoms with Crippen LogP contribution in [0.3, 0.4) is 0 Å². The fourth-order valence-corrected chi connectivity index (χ4v) is 3.08. The SMILES string of the molecule is CCCN=C1N[C@@H]2[C@@H](O)[C@H](O)[C@@H](CO)O[C@@H]2S1. The number of aliphatic hydroxyl groups excluding tert-OH is 3. The fourth-order valence-electron chi connectivity index (χ4n) is 1.92. The summed E-state index contributed by atoms with van der Waals surface area (Å²) in [6.07, 6.45) is -1.80. The summed E-state index contributed by atoms with van der Waals surface area (Å²) in [5, 5.41) is 32.5. The zero-order valence-corrected chi connectivity index (χ0v) is 10.4. The van der Waals surface area contributed by atoms with Crippen LogP contribution >= 0.6 is 11.8 Å². The second-order valence-corrected chi connectivity index (χ2v) is 5.27. The number of rotatable bonds is 3. The minimum Gasteiger partial charge on any atom is -0.394 e. The van der Waals surface area contributed by atoms with Crippen LogP contribution in [0, 0.1) is 0 Å². The van der Waals surface area contributed by atoms with Gasteiger partial charge in [0, 0.05) is 6.54 Å². The number of aliphatic imine (C=N–C) groups is 1. The van der Waals surface area contributed by atoms with Gasteiger partial charge in [0.05, 0.1) is 12.6 Å². The van der Waals surface area contributed by atoms with Gasteiger partial charge in [-0.05, 0) is 6.42 Å². The Balaban J connectivity index is 2.04. The van der Waals surface area contributed by atoms with Crippen LogP contribution in [0.5, 0.6) is 0 Å². The second-order valence-electron chi connectivity index (χ2n) is 4.18. The van der Waals surface area contributed by atoms with E-state index in [4.69, 9.17) is 9.84 Å². The summed E-state index contributed by atoms with van der Waals surface area (Å²) in [4.78, 5) is 4.31. The summed E-state index contributed by atoms with van der Waals surface area (Å²) in [5.74, 6) is 0. The van der Waals surface area contributed by atoms with Gasteiger partial charge in [-0.25, -0.2) is 0 Å². The summed E-state index contributed by atoms with van der Waals surface area (Å²) in [5.41, 5.74) is -0.304. The van der Waals surface area contributed by atoms with Gasteiger partial charge in [0.1, 0.15) is 23.7 Å². The first-order valence-electron chi connectivity index (χ1n) is 5.77. The highest BCUT2D eigenvalue weighted by Gasteiger charge is 2.48. The average Bonchev–Trinajstić information content (AvgIpc) is 2.74. The molecule has 98 valence electrons. The third-order valence-electron chi connectivity index (χ3n) is 2.88. The number of fused-ring (bicyclic) bond motifs is 1. The molecule has 2 rings (SSSR count). The molecular formula is C10H18N2O4S. The standard InChI is InChI=1S/C10H18N2O4S/c1-2-3-11-10-12-6-8(15)7(14)5(4-13)16-9(6)17-10/h5-9,13-15H,2-4H2,1H3,(H,11,12)/t5-,6-,7-,8-,9-/m1/s1. The largest absolute Gasteiger partial charge is 0.394 e. The molecule has 2 aliphatic rings. The van der Waals surface area contributed by atoms with E-state index in [1.807, 2.05) is 6.92 Å². The Bertz CT molecular complexity index is 302. The number of nitrogens with zero attached hydrogens (tertiary/aromatic N) is 1. The summed E-state index contributed by atoms with van der Waals surface area (Å²) in [7, 11) is 0. The van der Waals surface area contributed by atoms with Gasteiger partial charge in [0.25, 0.3) is 0 Å². The lowest BCUT2D eigenvalue weighted by atomic mass is 9.98. The van der Waals surface area contributed by atoms with Crippen molar-refractivity contribution < 1.29 is 20.1 Å². The van der Waals surface area contributed by atoms with E-state index in [1.54, 1.807) is 0 Å². The van der Waals surface area contributed by atoms with E-state index in [1.165, 1.54) is 11.8 Å². The number of hydrogen-bond acceptors (Lipinski definition) is 6. The molecule has 0 aromatic heterocycles. The normalized spacial score (nSPS) is 43.5. The summed E-state index contributed by atoms with van der Waals surface area (Å²) in [6, 6.07) is -0.367. The minimum absolute atomic E-state index is 0.302. The van der Waals surface area contributed by atoms with Crippen LogP contribution in [-0.4, -0.2) is 63.4 Å². The number of hydrogen-bond donors (Lipinski definition) is 4. The van der Waals surface area contributed by atoms with Crippen LogP contribution < -0.4 is 5.32 Å². The maximum absolute atomic E-state index is 9.92. The average molecular weight is 262 g/mol. The molecule has 0 aliphatic carbocycles. The molecule has 4 N–H and O–H groups in total. The zero-order chi connectivity index (χ0) is 12.4. The molecule has 0 radical (unpaired) electrons. The molecule has 5 atom stereocenters. The van der Waals surface area contributed by atoms with Crippen molar-refractivity contribution in [2.75, 3.05) is 13.2 Å². The molecule has 2 fully saturated rings. The van der Waals surface area contributed by atoms with Crippen LogP contribution in [-0.2, 0) is 4.74 Å². The van der Waals surface area contributed by atoms with Crippen molar-refractivity contribution in [1.29, 1.82) is 0 Å². The Kier molecular flexibility index (Phi) is 4.26. The van der Waals surface area contributed by atoms with E-state index in [0.717, 1.165) is 18.1 Å². The molecule has 0 amide bonds. The molecule has 6 nitrogen and oxygen atoms in total. The predicted octanol–water partition coefficient (Wildman–Crippen LogP) is -1.10. The smallest absolute Gasteiger partial charge is 0.159 e. The first-order chi connectivity index (χ1) is 8.17. The lowest BCUT2D eigenvalue weighted by Gasteiger charge is -2.38. The number of ether oxygens (including phenoxy) is 1. The molecule has 0 unspecified atom stereocenters. The topological polar surface area (TPSA) is 94.3 Å². The molecule has 17 heavy (non-hydrogen) atoms. The van der Waals surface area contributed by atoms with Crippen LogP contribution in [0.15, 0.2) is 4.99 Å². The lowest BCUT2D eigenvalue weighted by Crippen LogP contribution is -2.59. The van der Waals surface area contributed by atoms with Gasteiger partial charge in [0.15, 0.2) is 5.17 Å². The highest BCUT2D eigenvalue weighted by Crippen LogP contribution is 2.33. The Morgan fingerprint density at radius 2 is 2.18 bits per heavy atom. The molecule has 0 saturated carbocycles. The van der Waals surface area contributed by atoms with Gasteiger partial charge >= 0.3 is 0 Å². The van der Waals surface area contributed by atoms with Crippen LogP contribution in [0.25, 0.3) is 0 Å². The van der Waals surface area contributed by atoms with Crippen molar-refractivity contribution in [1.82, 2.24) is 5.32 Å². The minimum atomic E-state index is -1.07. The molecule has 7 heteroatoms. The Morgan fingerprint density at radius 1 is 1.41 bits per heavy atom. The van der Waals surface area contributed by atoms with E-state index in [-0.39, 0.29) is 18.1 Å². The van der Waals surface area contributed by atoms with E-state index >= 15 is 0 Å². The van der Waals surface area contributed by atoms with E-state index < -0.39 is 18.3 Å². The van der Waals surface area contributed by atoms with E-state index in [9.17, 15) is 10.2 Å². The number of nitrogens with one attached hydrogen (secondary N) is 1. The molecule has 0 aromatic carbocycles. The molecule has 2 heterocycles. The van der Waals surface area contributed by atoms with Crippen molar-refractivity contribution in [3.05, 3.63) is 0 Å². The van der Waals surface area contributed by atoms with Gasteiger partial charge < -0.3 is 25.4 Å². The van der Waals surface area contributed by atoms with Crippen molar-refractivity contribution in [3.63, 3.8) is 0 Å². The monoisotopic (exact) mass is 262 g/mol. The quantitative estimate of drug-likeness (QED) is 0.516. The maximum atomic E-state index is 9.92. The molecular weight excluding hydrogens is 244 g/mol. The van der Waals surface area contributed by atoms with E-state index in [0.29, 0.717) is 0 Å². The van der Waals surface area contributed by atoms with Crippen LogP contribution in [0.4, 0.5) is 0 Å². The van der Waals surface area contributed by atoms with E-state index in [2.05, 4.69) is 10.3 Å². The van der Waals surface area contributed by atoms with Gasteiger partial charge in [-0.2, -0.15) is 0 Å². The third-order valence-corrected chi connectivity index (χ3v) is 3.98. The molecule has 0 spiro atoms. The number of aliphatic hydroxyl groups is 3. The Labute approximate surface area is 104 Å². The summed E-state index contributed by atoms with van der Waals surface area (Å²) in [6.45, 7) is 2.45. The van der Waals surface area contributed by atoms with Crippen molar-refractivity contribution >= 4 is 16.9 Å². The van der Waals surface area contributed by atoms with Crippen molar-refractivity contribution in [2.45, 2.75) is 43.1 Å². The molecule has 2 aliphatic heterocycles. The maximum Gasteiger partial charge on any atom is 0.159 e. The summed E-state index contributed by atoms with van der Waals surface area (Å²) < 4.78 is 5.51. The fraction of sp³-hybridized carbons (Fsp3) is 0.900. The molecule has 0 aromatic rings. The van der Waals surface area contributed by atoms with Gasteiger partial charge in [0.2, 0.25) is 0 Å². The highest BCUT2D eigenvalue weighted by atomic mass is 32.2. The predicted molar refractivity (Wildman–Crippen MR) is 64.9 cm³/mol. The van der Waals surface area contributed by atoms with Crippen molar-refractivity contribution in [3.8, 4) is 0 Å². The lowest BCUT2D eigenvalue weighted by molar-refractivity contribution is -0.167. The van der Waals surface area contributed by atoms with Gasteiger partial charge in [-0.15, -0.1) is 0 Å². The Hall–Kier alpha value is -0.340. The van der Waals surface area contributed by atoms with Crippen LogP contribution in [0.1, 0.15) is 13.3 Å².